The molecule has 2 atom stereocenters. The molecule has 2 heterocycles. The molecule has 0 aromatic carbocycles. The first-order chi connectivity index (χ1) is 18.5. The van der Waals surface area contributed by atoms with Gasteiger partial charge >= 0.3 is 5.97 Å². The maximum atomic E-state index is 13.1. The molecule has 0 fully saturated rings. The van der Waals surface area contributed by atoms with E-state index in [0.717, 1.165) is 0 Å². The van der Waals surface area contributed by atoms with Crippen molar-refractivity contribution in [2.75, 3.05) is 18.6 Å². The number of thioether (sulfide) groups is 2. The number of hydrogen-bond acceptors (Lipinski definition) is 9. The number of amides is 3. The molecule has 12 heteroatoms. The van der Waals surface area contributed by atoms with Crippen LogP contribution in [0.3, 0.4) is 0 Å². The number of allylic oxidation sites excluding steroid dienone is 2. The highest BCUT2D eigenvalue weighted by Gasteiger charge is 2.30. The molecule has 1 aliphatic rings. The van der Waals surface area contributed by atoms with Crippen molar-refractivity contribution in [2.45, 2.75) is 64.0 Å². The van der Waals surface area contributed by atoms with Gasteiger partial charge < -0.3 is 20.7 Å². The number of carbonyl (C=O) groups is 5. The number of aromatic nitrogens is 1. The number of carbonyl (C=O) groups excluding carboxylic acids is 5. The summed E-state index contributed by atoms with van der Waals surface area (Å²) >= 11 is 2.53. The van der Waals surface area contributed by atoms with E-state index in [0.29, 0.717) is 29.2 Å². The standard InChI is InChI=1S/C27H36N4O6S2/c1-6-20-25(34)31-23(16(2)3)27(36)37-19(9-7-8-14-39-17(4)32)15-22(33)28-13-12-18-10-11-21(38-5)24(29-18)26(35)30-20/h6-7,9-11,16,19,23H,8,12-15H2,1-5H3,(H,28,33)(H,30,35)(H,31,34)/b9-7+,20-6-/t19-,23+/m1/s1. The molecule has 0 aliphatic carbocycles. The van der Waals surface area contributed by atoms with E-state index in [4.69, 9.17) is 4.74 Å². The predicted molar refractivity (Wildman–Crippen MR) is 152 cm³/mol. The Balaban J connectivity index is 2.37. The van der Waals surface area contributed by atoms with Gasteiger partial charge in [-0.1, -0.05) is 37.8 Å². The molecule has 0 unspecified atom stereocenters. The Morgan fingerprint density at radius 1 is 1.21 bits per heavy atom. The number of fused-ring (bicyclic) bond motifs is 2. The summed E-state index contributed by atoms with van der Waals surface area (Å²) in [4.78, 5) is 68.3. The first kappa shape index (κ1) is 32.1. The van der Waals surface area contributed by atoms with Crippen LogP contribution in [0.4, 0.5) is 0 Å². The fourth-order valence-electron chi connectivity index (χ4n) is 3.59. The van der Waals surface area contributed by atoms with Crippen LogP contribution >= 0.6 is 23.5 Å². The second-order valence-corrected chi connectivity index (χ2v) is 11.2. The Labute approximate surface area is 237 Å². The van der Waals surface area contributed by atoms with E-state index in [2.05, 4.69) is 20.9 Å². The molecule has 3 amide bonds. The molecule has 3 N–H and O–H groups in total. The number of nitrogens with one attached hydrogen (secondary N) is 3. The molecule has 0 radical (unpaired) electrons. The number of cyclic esters (lactones) is 1. The van der Waals surface area contributed by atoms with Crippen molar-refractivity contribution in [3.63, 3.8) is 0 Å². The average molecular weight is 577 g/mol. The maximum Gasteiger partial charge on any atom is 0.329 e. The SMILES string of the molecule is C/C=C1\NC(=O)c2nc(ccc2SC)CCNC(=O)C[C@@H](/C=C/CCSC(C)=O)OC(=O)[C@H](C(C)C)NC1=O. The van der Waals surface area contributed by atoms with Gasteiger partial charge in [0.15, 0.2) is 5.12 Å². The molecule has 39 heavy (non-hydrogen) atoms. The molecule has 0 saturated heterocycles. The lowest BCUT2D eigenvalue weighted by atomic mass is 10.0. The summed E-state index contributed by atoms with van der Waals surface area (Å²) < 4.78 is 5.66. The van der Waals surface area contributed by atoms with Gasteiger partial charge in [-0.25, -0.2) is 9.78 Å². The minimum Gasteiger partial charge on any atom is -0.456 e. The Morgan fingerprint density at radius 3 is 2.59 bits per heavy atom. The highest BCUT2D eigenvalue weighted by molar-refractivity contribution is 8.13. The summed E-state index contributed by atoms with van der Waals surface area (Å²) in [6.45, 7) is 6.85. The third-order valence-electron chi connectivity index (χ3n) is 5.64. The van der Waals surface area contributed by atoms with E-state index >= 15 is 0 Å². The van der Waals surface area contributed by atoms with Gasteiger partial charge in [-0.15, -0.1) is 11.8 Å². The molecule has 1 aromatic heterocycles. The Morgan fingerprint density at radius 2 is 1.95 bits per heavy atom. The van der Waals surface area contributed by atoms with Crippen LogP contribution in [0.2, 0.25) is 0 Å². The van der Waals surface area contributed by atoms with Crippen molar-refractivity contribution in [2.24, 2.45) is 5.92 Å². The van der Waals surface area contributed by atoms with Crippen molar-refractivity contribution in [1.29, 1.82) is 0 Å². The summed E-state index contributed by atoms with van der Waals surface area (Å²) in [5.41, 5.74) is 0.730. The van der Waals surface area contributed by atoms with Crippen molar-refractivity contribution in [3.05, 3.63) is 47.4 Å². The van der Waals surface area contributed by atoms with E-state index in [-0.39, 0.29) is 41.3 Å². The van der Waals surface area contributed by atoms with Gasteiger partial charge in [-0.3, -0.25) is 19.2 Å². The molecular formula is C27H36N4O6S2. The second kappa shape index (κ2) is 16.1. The van der Waals surface area contributed by atoms with Gasteiger partial charge in [0.2, 0.25) is 5.91 Å². The van der Waals surface area contributed by atoms with Gasteiger partial charge in [-0.05, 0) is 43.7 Å². The van der Waals surface area contributed by atoms with E-state index in [9.17, 15) is 24.0 Å². The quantitative estimate of drug-likeness (QED) is 0.153. The fourth-order valence-corrected chi connectivity index (χ4v) is 4.66. The summed E-state index contributed by atoms with van der Waals surface area (Å²) in [7, 11) is 0. The maximum absolute atomic E-state index is 13.1. The highest BCUT2D eigenvalue weighted by Crippen LogP contribution is 2.20. The highest BCUT2D eigenvalue weighted by atomic mass is 32.2. The normalized spacial score (nSPS) is 20.8. The smallest absolute Gasteiger partial charge is 0.329 e. The Kier molecular flexibility index (Phi) is 13.2. The van der Waals surface area contributed by atoms with E-state index < -0.39 is 29.9 Å². The van der Waals surface area contributed by atoms with Crippen LogP contribution < -0.4 is 16.0 Å². The fraction of sp³-hybridized carbons (Fsp3) is 0.481. The number of rotatable bonds is 6. The first-order valence-corrected chi connectivity index (χ1v) is 14.9. The molecular weight excluding hydrogens is 540 g/mol. The van der Waals surface area contributed by atoms with Gasteiger partial charge in [0.1, 0.15) is 23.5 Å². The second-order valence-electron chi connectivity index (χ2n) is 9.04. The molecule has 2 bridgehead atoms. The predicted octanol–water partition coefficient (Wildman–Crippen LogP) is 2.78. The lowest BCUT2D eigenvalue weighted by Gasteiger charge is -2.24. The summed E-state index contributed by atoms with van der Waals surface area (Å²) in [6, 6.07) is 2.53. The van der Waals surface area contributed by atoms with Crippen LogP contribution in [0.15, 0.2) is 41.0 Å². The summed E-state index contributed by atoms with van der Waals surface area (Å²) in [5.74, 6) is -2.04. The molecule has 0 saturated carbocycles. The largest absolute Gasteiger partial charge is 0.456 e. The van der Waals surface area contributed by atoms with Crippen LogP contribution in [0.25, 0.3) is 0 Å². The number of hydrogen-bond donors (Lipinski definition) is 3. The van der Waals surface area contributed by atoms with Crippen molar-refractivity contribution in [1.82, 2.24) is 20.9 Å². The van der Waals surface area contributed by atoms with E-state index in [1.54, 1.807) is 45.1 Å². The minimum atomic E-state index is -1.03. The van der Waals surface area contributed by atoms with Gasteiger partial charge in [0.25, 0.3) is 11.8 Å². The van der Waals surface area contributed by atoms with Crippen molar-refractivity contribution in [3.8, 4) is 0 Å². The topological polar surface area (TPSA) is 144 Å². The summed E-state index contributed by atoms with van der Waals surface area (Å²) in [6.07, 6.45) is 6.57. The summed E-state index contributed by atoms with van der Waals surface area (Å²) in [5, 5.41) is 8.07. The van der Waals surface area contributed by atoms with E-state index in [1.807, 2.05) is 6.26 Å². The molecule has 10 nitrogen and oxygen atoms in total. The Bertz CT molecular complexity index is 1140. The molecule has 0 spiro atoms. The van der Waals surface area contributed by atoms with Crippen molar-refractivity contribution < 1.29 is 28.7 Å². The van der Waals surface area contributed by atoms with Crippen LogP contribution in [0.5, 0.6) is 0 Å². The lowest BCUT2D eigenvalue weighted by molar-refractivity contribution is -0.153. The third-order valence-corrected chi connectivity index (χ3v) is 7.25. The van der Waals surface area contributed by atoms with Gasteiger partial charge in [-0.2, -0.15) is 0 Å². The van der Waals surface area contributed by atoms with Gasteiger partial charge in [0, 0.05) is 36.2 Å². The first-order valence-electron chi connectivity index (χ1n) is 12.6. The van der Waals surface area contributed by atoms with Gasteiger partial charge in [0.05, 0.1) is 6.42 Å². The van der Waals surface area contributed by atoms with Crippen molar-refractivity contribution >= 4 is 52.3 Å². The van der Waals surface area contributed by atoms with Crippen LogP contribution in [0.1, 0.15) is 56.7 Å². The average Bonchev–Trinajstić information content (AvgIpc) is 2.88. The number of pyridine rings is 1. The Hall–Kier alpha value is -3.12. The third kappa shape index (κ3) is 10.5. The monoisotopic (exact) mass is 576 g/mol. The van der Waals surface area contributed by atoms with Crippen LogP contribution in [-0.2, 0) is 30.3 Å². The van der Waals surface area contributed by atoms with Crippen LogP contribution in [0, 0.1) is 5.92 Å². The zero-order valence-electron chi connectivity index (χ0n) is 22.9. The molecule has 212 valence electrons. The van der Waals surface area contributed by atoms with E-state index in [1.165, 1.54) is 36.5 Å². The molecule has 2 rings (SSSR count). The lowest BCUT2D eigenvalue weighted by Crippen LogP contribution is -2.48. The number of ether oxygens (including phenoxy) is 1. The zero-order valence-corrected chi connectivity index (χ0v) is 24.5. The zero-order chi connectivity index (χ0) is 28.9. The molecule has 1 aliphatic heterocycles. The van der Waals surface area contributed by atoms with Crippen LogP contribution in [-0.4, -0.2) is 64.5 Å². The number of esters is 1. The molecule has 1 aromatic rings. The number of nitrogens with zero attached hydrogens (tertiary/aromatic N) is 1. The minimum absolute atomic E-state index is 0.00613.